The Labute approximate surface area is 126 Å². The second kappa shape index (κ2) is 7.56. The summed E-state index contributed by atoms with van der Waals surface area (Å²) >= 11 is 0. The SMILES string of the molecule is CNCCCC(=O)N1CCN(Cc2c(C)noc2C)CC1. The molecule has 2 rings (SSSR count). The van der Waals surface area contributed by atoms with Gasteiger partial charge in [0.2, 0.25) is 5.91 Å². The summed E-state index contributed by atoms with van der Waals surface area (Å²) in [4.78, 5) is 16.4. The first-order valence-corrected chi connectivity index (χ1v) is 7.68. The van der Waals surface area contributed by atoms with Crippen LogP contribution >= 0.6 is 0 Å². The Kier molecular flexibility index (Phi) is 5.76. The van der Waals surface area contributed by atoms with E-state index in [-0.39, 0.29) is 5.91 Å². The van der Waals surface area contributed by atoms with Gasteiger partial charge in [-0.3, -0.25) is 9.69 Å². The Bertz CT molecular complexity index is 445. The van der Waals surface area contributed by atoms with Crippen molar-refractivity contribution in [1.82, 2.24) is 20.3 Å². The van der Waals surface area contributed by atoms with Gasteiger partial charge in [-0.1, -0.05) is 5.16 Å². The third-order valence-corrected chi connectivity index (χ3v) is 4.11. The summed E-state index contributed by atoms with van der Waals surface area (Å²) in [6, 6.07) is 0. The number of nitrogens with zero attached hydrogens (tertiary/aromatic N) is 3. The van der Waals surface area contributed by atoms with Gasteiger partial charge in [-0.15, -0.1) is 0 Å². The van der Waals surface area contributed by atoms with E-state index < -0.39 is 0 Å². The molecule has 0 atom stereocenters. The Morgan fingerprint density at radius 1 is 1.29 bits per heavy atom. The van der Waals surface area contributed by atoms with Crippen LogP contribution in [0.2, 0.25) is 0 Å². The smallest absolute Gasteiger partial charge is 0.222 e. The summed E-state index contributed by atoms with van der Waals surface area (Å²) < 4.78 is 5.20. The topological polar surface area (TPSA) is 61.6 Å². The van der Waals surface area contributed by atoms with Crippen LogP contribution < -0.4 is 5.32 Å². The van der Waals surface area contributed by atoms with Crippen LogP contribution in [0.1, 0.15) is 29.9 Å². The molecule has 1 fully saturated rings. The van der Waals surface area contributed by atoms with E-state index in [0.717, 1.165) is 57.1 Å². The summed E-state index contributed by atoms with van der Waals surface area (Å²) in [5.74, 6) is 1.18. The van der Waals surface area contributed by atoms with Gasteiger partial charge < -0.3 is 14.7 Å². The van der Waals surface area contributed by atoms with Crippen molar-refractivity contribution < 1.29 is 9.32 Å². The molecule has 1 aliphatic rings. The van der Waals surface area contributed by atoms with E-state index in [1.54, 1.807) is 0 Å². The molecule has 1 aromatic heterocycles. The molecule has 0 aromatic carbocycles. The van der Waals surface area contributed by atoms with Crippen molar-refractivity contribution in [2.45, 2.75) is 33.2 Å². The first-order valence-electron chi connectivity index (χ1n) is 7.68. The average molecular weight is 294 g/mol. The normalized spacial score (nSPS) is 16.4. The molecule has 1 saturated heterocycles. The number of amides is 1. The minimum absolute atomic E-state index is 0.280. The highest BCUT2D eigenvalue weighted by Gasteiger charge is 2.22. The Morgan fingerprint density at radius 2 is 2.00 bits per heavy atom. The van der Waals surface area contributed by atoms with Gasteiger partial charge in [-0.2, -0.15) is 0 Å². The zero-order valence-electron chi connectivity index (χ0n) is 13.3. The van der Waals surface area contributed by atoms with Crippen LogP contribution in [0.3, 0.4) is 0 Å². The molecule has 2 heterocycles. The van der Waals surface area contributed by atoms with Gasteiger partial charge in [0.1, 0.15) is 5.76 Å². The number of carbonyl (C=O) groups is 1. The molecule has 0 unspecified atom stereocenters. The third kappa shape index (κ3) is 4.28. The molecule has 1 aromatic rings. The van der Waals surface area contributed by atoms with Gasteiger partial charge in [0.25, 0.3) is 0 Å². The lowest BCUT2D eigenvalue weighted by atomic mass is 10.1. The van der Waals surface area contributed by atoms with E-state index in [1.807, 2.05) is 25.8 Å². The minimum Gasteiger partial charge on any atom is -0.361 e. The maximum atomic E-state index is 12.1. The highest BCUT2D eigenvalue weighted by Crippen LogP contribution is 2.16. The maximum Gasteiger partial charge on any atom is 0.222 e. The lowest BCUT2D eigenvalue weighted by molar-refractivity contribution is -0.133. The van der Waals surface area contributed by atoms with E-state index in [1.165, 1.54) is 5.56 Å². The van der Waals surface area contributed by atoms with Crippen LogP contribution in [0.15, 0.2) is 4.52 Å². The fraction of sp³-hybridized carbons (Fsp3) is 0.733. The standard InChI is InChI=1S/C15H26N4O2/c1-12-14(13(2)21-17-12)11-18-7-9-19(10-8-18)15(20)5-4-6-16-3/h16H,4-11H2,1-3H3. The molecule has 0 aliphatic carbocycles. The fourth-order valence-electron chi connectivity index (χ4n) is 2.68. The molecule has 1 N–H and O–H groups in total. The highest BCUT2D eigenvalue weighted by molar-refractivity contribution is 5.76. The van der Waals surface area contributed by atoms with Crippen LogP contribution in [-0.4, -0.2) is 60.6 Å². The molecule has 1 aliphatic heterocycles. The minimum atomic E-state index is 0.280. The van der Waals surface area contributed by atoms with E-state index >= 15 is 0 Å². The van der Waals surface area contributed by atoms with Crippen LogP contribution in [0, 0.1) is 13.8 Å². The van der Waals surface area contributed by atoms with Gasteiger partial charge >= 0.3 is 0 Å². The van der Waals surface area contributed by atoms with E-state index in [9.17, 15) is 4.79 Å². The molecule has 1 amide bonds. The van der Waals surface area contributed by atoms with Crippen molar-refractivity contribution in [2.75, 3.05) is 39.8 Å². The van der Waals surface area contributed by atoms with Crippen molar-refractivity contribution in [3.63, 3.8) is 0 Å². The summed E-state index contributed by atoms with van der Waals surface area (Å²) in [5.41, 5.74) is 2.15. The first-order chi connectivity index (χ1) is 10.1. The monoisotopic (exact) mass is 294 g/mol. The van der Waals surface area contributed by atoms with Crippen molar-refractivity contribution in [1.29, 1.82) is 0 Å². The fourth-order valence-corrected chi connectivity index (χ4v) is 2.68. The average Bonchev–Trinajstić information content (AvgIpc) is 2.80. The number of aryl methyl sites for hydroxylation is 2. The van der Waals surface area contributed by atoms with Gasteiger partial charge in [0.15, 0.2) is 0 Å². The number of rotatable bonds is 6. The van der Waals surface area contributed by atoms with Crippen molar-refractivity contribution >= 4 is 5.91 Å². The second-order valence-electron chi connectivity index (χ2n) is 5.67. The van der Waals surface area contributed by atoms with E-state index in [0.29, 0.717) is 6.42 Å². The molecule has 0 bridgehead atoms. The van der Waals surface area contributed by atoms with Crippen LogP contribution in [0.25, 0.3) is 0 Å². The molecule has 0 saturated carbocycles. The summed E-state index contributed by atoms with van der Waals surface area (Å²) in [5, 5.41) is 7.07. The van der Waals surface area contributed by atoms with Gasteiger partial charge in [-0.25, -0.2) is 0 Å². The summed E-state index contributed by atoms with van der Waals surface area (Å²) in [7, 11) is 1.91. The zero-order valence-corrected chi connectivity index (χ0v) is 13.3. The molecule has 21 heavy (non-hydrogen) atoms. The lowest BCUT2D eigenvalue weighted by Crippen LogP contribution is -2.48. The number of piperazine rings is 1. The largest absolute Gasteiger partial charge is 0.361 e. The first kappa shape index (κ1) is 16.0. The quantitative estimate of drug-likeness (QED) is 0.791. The number of nitrogens with one attached hydrogen (secondary N) is 1. The number of hydrogen-bond donors (Lipinski definition) is 1. The molecular formula is C15H26N4O2. The second-order valence-corrected chi connectivity index (χ2v) is 5.67. The summed E-state index contributed by atoms with van der Waals surface area (Å²) in [6.07, 6.45) is 1.55. The zero-order chi connectivity index (χ0) is 15.2. The van der Waals surface area contributed by atoms with Crippen LogP contribution in [0.4, 0.5) is 0 Å². The van der Waals surface area contributed by atoms with E-state index in [4.69, 9.17) is 4.52 Å². The van der Waals surface area contributed by atoms with Crippen molar-refractivity contribution in [2.24, 2.45) is 0 Å². The van der Waals surface area contributed by atoms with Crippen LogP contribution in [-0.2, 0) is 11.3 Å². The van der Waals surface area contributed by atoms with Crippen molar-refractivity contribution in [3.05, 3.63) is 17.0 Å². The predicted octanol–water partition coefficient (Wildman–Crippen LogP) is 0.935. The third-order valence-electron chi connectivity index (χ3n) is 4.11. The molecule has 6 nitrogen and oxygen atoms in total. The number of aromatic nitrogens is 1. The Morgan fingerprint density at radius 3 is 2.57 bits per heavy atom. The Balaban J connectivity index is 1.77. The molecule has 0 radical (unpaired) electrons. The molecule has 6 heteroatoms. The van der Waals surface area contributed by atoms with E-state index in [2.05, 4.69) is 15.4 Å². The van der Waals surface area contributed by atoms with Gasteiger partial charge in [-0.05, 0) is 33.9 Å². The summed E-state index contributed by atoms with van der Waals surface area (Å²) in [6.45, 7) is 9.18. The van der Waals surface area contributed by atoms with Crippen LogP contribution in [0.5, 0.6) is 0 Å². The maximum absolute atomic E-state index is 12.1. The van der Waals surface area contributed by atoms with Crippen molar-refractivity contribution in [3.8, 4) is 0 Å². The molecule has 118 valence electrons. The predicted molar refractivity (Wildman–Crippen MR) is 81.0 cm³/mol. The van der Waals surface area contributed by atoms with Gasteiger partial charge in [0.05, 0.1) is 5.69 Å². The molecule has 0 spiro atoms. The lowest BCUT2D eigenvalue weighted by Gasteiger charge is -2.34. The Hall–Kier alpha value is -1.40. The molecular weight excluding hydrogens is 268 g/mol. The highest BCUT2D eigenvalue weighted by atomic mass is 16.5. The number of carbonyl (C=O) groups excluding carboxylic acids is 1. The van der Waals surface area contributed by atoms with Gasteiger partial charge in [0, 0.05) is 44.7 Å². The number of hydrogen-bond acceptors (Lipinski definition) is 5.